The van der Waals surface area contributed by atoms with Crippen LogP contribution in [-0.2, 0) is 6.54 Å². The van der Waals surface area contributed by atoms with Crippen molar-refractivity contribution < 1.29 is 0 Å². The fraction of sp³-hybridized carbons (Fsp3) is 0.538. The third-order valence-corrected chi connectivity index (χ3v) is 4.45. The van der Waals surface area contributed by atoms with Crippen LogP contribution >= 0.6 is 27.5 Å². The molecule has 0 bridgehead atoms. The van der Waals surface area contributed by atoms with Crippen molar-refractivity contribution in [2.75, 3.05) is 26.7 Å². The van der Waals surface area contributed by atoms with Crippen molar-refractivity contribution >= 4 is 27.5 Å². The molecule has 94 valence electrons. The van der Waals surface area contributed by atoms with Crippen molar-refractivity contribution in [1.29, 1.82) is 0 Å². The number of nitrogens with zero attached hydrogens (tertiary/aromatic N) is 1. The van der Waals surface area contributed by atoms with Crippen LogP contribution in [0, 0.1) is 5.92 Å². The second kappa shape index (κ2) is 6.19. The summed E-state index contributed by atoms with van der Waals surface area (Å²) in [5, 5.41) is 4.29. The minimum atomic E-state index is 0.770. The minimum absolute atomic E-state index is 0.770. The third-order valence-electron chi connectivity index (χ3n) is 3.24. The molecule has 0 amide bonds. The van der Waals surface area contributed by atoms with E-state index in [-0.39, 0.29) is 0 Å². The molecule has 0 aromatic heterocycles. The van der Waals surface area contributed by atoms with Gasteiger partial charge in [0.1, 0.15) is 0 Å². The zero-order valence-electron chi connectivity index (χ0n) is 10.0. The summed E-state index contributed by atoms with van der Waals surface area (Å²) >= 11 is 9.41. The summed E-state index contributed by atoms with van der Waals surface area (Å²) in [6.07, 6.45) is 1.31. The molecular weight excluding hydrogens is 300 g/mol. The number of benzene rings is 1. The van der Waals surface area contributed by atoms with Gasteiger partial charge in [0.25, 0.3) is 0 Å². The van der Waals surface area contributed by atoms with E-state index in [9.17, 15) is 0 Å². The first-order valence-corrected chi connectivity index (χ1v) is 7.15. The van der Waals surface area contributed by atoms with Gasteiger partial charge in [-0.15, -0.1) is 0 Å². The molecule has 4 heteroatoms. The van der Waals surface area contributed by atoms with Gasteiger partial charge in [-0.1, -0.05) is 17.7 Å². The highest BCUT2D eigenvalue weighted by Gasteiger charge is 2.18. The molecule has 2 rings (SSSR count). The fourth-order valence-corrected chi connectivity index (χ4v) is 2.81. The first kappa shape index (κ1) is 13.3. The normalized spacial score (nSPS) is 21.0. The van der Waals surface area contributed by atoms with Crippen LogP contribution in [0.3, 0.4) is 0 Å². The molecule has 1 aromatic carbocycles. The molecular formula is C13H18BrClN2. The quantitative estimate of drug-likeness (QED) is 0.918. The van der Waals surface area contributed by atoms with Crippen molar-refractivity contribution in [1.82, 2.24) is 10.2 Å². The van der Waals surface area contributed by atoms with Gasteiger partial charge >= 0.3 is 0 Å². The number of hydrogen-bond acceptors (Lipinski definition) is 2. The van der Waals surface area contributed by atoms with E-state index >= 15 is 0 Å². The summed E-state index contributed by atoms with van der Waals surface area (Å²) in [6, 6.07) is 6.09. The Morgan fingerprint density at radius 2 is 2.35 bits per heavy atom. The Kier molecular flexibility index (Phi) is 4.86. The largest absolute Gasteiger partial charge is 0.312 e. The van der Waals surface area contributed by atoms with Crippen LogP contribution in [-0.4, -0.2) is 31.6 Å². The molecule has 1 saturated heterocycles. The minimum Gasteiger partial charge on any atom is -0.312 e. The smallest absolute Gasteiger partial charge is 0.0548 e. The highest BCUT2D eigenvalue weighted by atomic mass is 79.9. The highest BCUT2D eigenvalue weighted by molar-refractivity contribution is 9.10. The van der Waals surface area contributed by atoms with Gasteiger partial charge in [0.2, 0.25) is 0 Å². The summed E-state index contributed by atoms with van der Waals surface area (Å²) in [7, 11) is 2.19. The summed E-state index contributed by atoms with van der Waals surface area (Å²) in [4.78, 5) is 2.39. The molecule has 1 heterocycles. The Balaban J connectivity index is 1.76. The van der Waals surface area contributed by atoms with E-state index in [0.717, 1.165) is 28.5 Å². The first-order valence-electron chi connectivity index (χ1n) is 5.98. The Morgan fingerprint density at radius 3 is 3.00 bits per heavy atom. The van der Waals surface area contributed by atoms with E-state index in [2.05, 4.69) is 45.3 Å². The highest BCUT2D eigenvalue weighted by Crippen LogP contribution is 2.23. The molecule has 1 aromatic rings. The van der Waals surface area contributed by atoms with Gasteiger partial charge in [-0.2, -0.15) is 0 Å². The molecule has 17 heavy (non-hydrogen) atoms. The summed E-state index contributed by atoms with van der Waals surface area (Å²) in [5.41, 5.74) is 1.27. The summed E-state index contributed by atoms with van der Waals surface area (Å²) in [5.74, 6) is 0.802. The number of hydrogen-bond donors (Lipinski definition) is 1. The Morgan fingerprint density at radius 1 is 1.53 bits per heavy atom. The average Bonchev–Trinajstić information content (AvgIpc) is 2.70. The van der Waals surface area contributed by atoms with Crippen molar-refractivity contribution in [3.8, 4) is 0 Å². The van der Waals surface area contributed by atoms with E-state index in [1.54, 1.807) is 0 Å². The van der Waals surface area contributed by atoms with Crippen molar-refractivity contribution in [2.24, 2.45) is 5.92 Å². The molecule has 1 fully saturated rings. The monoisotopic (exact) mass is 316 g/mol. The van der Waals surface area contributed by atoms with Gasteiger partial charge in [-0.25, -0.2) is 0 Å². The van der Waals surface area contributed by atoms with Crippen LogP contribution in [0.15, 0.2) is 22.7 Å². The maximum absolute atomic E-state index is 5.96. The fourth-order valence-electron chi connectivity index (χ4n) is 2.26. The molecule has 0 radical (unpaired) electrons. The molecule has 0 aliphatic carbocycles. The first-order chi connectivity index (χ1) is 8.15. The molecule has 0 saturated carbocycles. The van der Waals surface area contributed by atoms with Crippen molar-refractivity contribution in [2.45, 2.75) is 13.0 Å². The predicted octanol–water partition coefficient (Wildman–Crippen LogP) is 3.14. The molecule has 1 unspecified atom stereocenters. The lowest BCUT2D eigenvalue weighted by molar-refractivity contribution is 0.388. The third kappa shape index (κ3) is 3.95. The second-order valence-electron chi connectivity index (χ2n) is 4.80. The molecule has 1 aliphatic heterocycles. The molecule has 1 atom stereocenters. The van der Waals surface area contributed by atoms with Gasteiger partial charge < -0.3 is 10.2 Å². The predicted molar refractivity (Wildman–Crippen MR) is 76.5 cm³/mol. The van der Waals surface area contributed by atoms with E-state index in [0.29, 0.717) is 0 Å². The Labute approximate surface area is 116 Å². The SMILES string of the molecule is CN1CCC(CNCc2ccc(Cl)c(Br)c2)C1. The number of halogens is 2. The lowest BCUT2D eigenvalue weighted by Gasteiger charge is -2.12. The zero-order valence-corrected chi connectivity index (χ0v) is 12.4. The Hall–Kier alpha value is -0.0900. The number of rotatable bonds is 4. The number of nitrogens with one attached hydrogen (secondary N) is 1. The van der Waals surface area contributed by atoms with Crippen LogP contribution in [0.5, 0.6) is 0 Å². The van der Waals surface area contributed by atoms with Gasteiger partial charge in [-0.05, 0) is 66.1 Å². The molecule has 0 spiro atoms. The Bertz CT molecular complexity index is 384. The van der Waals surface area contributed by atoms with E-state index in [4.69, 9.17) is 11.6 Å². The average molecular weight is 318 g/mol. The summed E-state index contributed by atoms with van der Waals surface area (Å²) in [6.45, 7) is 4.47. The standard InChI is InChI=1S/C13H18BrClN2/c1-17-5-4-11(9-17)8-16-7-10-2-3-13(15)12(14)6-10/h2-3,6,11,16H,4-5,7-9H2,1H3. The lowest BCUT2D eigenvalue weighted by Crippen LogP contribution is -2.24. The van der Waals surface area contributed by atoms with Gasteiger partial charge in [0.15, 0.2) is 0 Å². The molecule has 2 nitrogen and oxygen atoms in total. The maximum atomic E-state index is 5.96. The van der Waals surface area contributed by atoms with Crippen molar-refractivity contribution in [3.63, 3.8) is 0 Å². The van der Waals surface area contributed by atoms with Gasteiger partial charge in [0, 0.05) is 17.6 Å². The van der Waals surface area contributed by atoms with E-state index in [1.807, 2.05) is 6.07 Å². The van der Waals surface area contributed by atoms with Crippen LogP contribution in [0.2, 0.25) is 5.02 Å². The number of likely N-dealkylation sites (tertiary alicyclic amines) is 1. The van der Waals surface area contributed by atoms with E-state index in [1.165, 1.54) is 25.1 Å². The van der Waals surface area contributed by atoms with Crippen LogP contribution in [0.4, 0.5) is 0 Å². The van der Waals surface area contributed by atoms with Crippen LogP contribution < -0.4 is 5.32 Å². The van der Waals surface area contributed by atoms with Crippen molar-refractivity contribution in [3.05, 3.63) is 33.3 Å². The molecule has 1 aliphatic rings. The summed E-state index contributed by atoms with van der Waals surface area (Å²) < 4.78 is 0.971. The zero-order chi connectivity index (χ0) is 12.3. The topological polar surface area (TPSA) is 15.3 Å². The lowest BCUT2D eigenvalue weighted by atomic mass is 10.1. The molecule has 1 N–H and O–H groups in total. The van der Waals surface area contributed by atoms with E-state index < -0.39 is 0 Å². The van der Waals surface area contributed by atoms with Gasteiger partial charge in [0.05, 0.1) is 5.02 Å². The second-order valence-corrected chi connectivity index (χ2v) is 6.06. The maximum Gasteiger partial charge on any atom is 0.0548 e. The van der Waals surface area contributed by atoms with Crippen LogP contribution in [0.1, 0.15) is 12.0 Å². The van der Waals surface area contributed by atoms with Crippen LogP contribution in [0.25, 0.3) is 0 Å². The van der Waals surface area contributed by atoms with Gasteiger partial charge in [-0.3, -0.25) is 0 Å².